The molecule has 0 aliphatic carbocycles. The van der Waals surface area contributed by atoms with Crippen molar-refractivity contribution in [1.82, 2.24) is 0 Å². The second-order valence-electron chi connectivity index (χ2n) is 23.0. The van der Waals surface area contributed by atoms with Crippen LogP contribution in [0.2, 0.25) is 0 Å². The first-order valence-electron chi connectivity index (χ1n) is 32.9. The third-order valence-electron chi connectivity index (χ3n) is 15.2. The van der Waals surface area contributed by atoms with Crippen LogP contribution in [0, 0.1) is 0 Å². The summed E-state index contributed by atoms with van der Waals surface area (Å²) in [6, 6.07) is 43.0. The number of hydrogen-bond acceptors (Lipinski definition) is 18. The van der Waals surface area contributed by atoms with Gasteiger partial charge in [-0.05, 0) is 171 Å². The summed E-state index contributed by atoms with van der Waals surface area (Å²) < 4.78 is 81.5. The number of ether oxygens (including phenoxy) is 14. The number of carbonyl (C=O) groups excluding carboxylic acids is 4. The number of carbonyl (C=O) groups is 4. The van der Waals surface area contributed by atoms with E-state index < -0.39 is 23.9 Å². The van der Waals surface area contributed by atoms with Crippen LogP contribution in [-0.2, 0) is 32.2 Å². The highest BCUT2D eigenvalue weighted by Gasteiger charge is 2.26. The van der Waals surface area contributed by atoms with E-state index in [1.54, 1.807) is 48.5 Å². The smallest absolute Gasteiger partial charge is 0.343 e. The zero-order valence-electron chi connectivity index (χ0n) is 53.9. The number of esters is 4. The average molecular weight is 1290 g/mol. The maximum absolute atomic E-state index is 14.2. The van der Waals surface area contributed by atoms with Crippen LogP contribution in [-0.4, -0.2) is 102 Å². The zero-order valence-corrected chi connectivity index (χ0v) is 53.9. The molecule has 9 rings (SSSR count). The molecule has 94 heavy (non-hydrogen) atoms. The predicted molar refractivity (Wildman–Crippen MR) is 353 cm³/mol. The Morgan fingerprint density at radius 2 is 0.564 bits per heavy atom. The number of epoxide rings is 2. The fourth-order valence-electron chi connectivity index (χ4n) is 9.46. The molecule has 0 bridgehead atoms. The van der Waals surface area contributed by atoms with Crippen molar-refractivity contribution in [2.45, 2.75) is 129 Å². The second-order valence-corrected chi connectivity index (χ2v) is 23.0. The van der Waals surface area contributed by atoms with Crippen LogP contribution < -0.4 is 47.4 Å². The Kier molecular flexibility index (Phi) is 28.3. The van der Waals surface area contributed by atoms with E-state index in [1.165, 1.54) is 87.1 Å². The van der Waals surface area contributed by atoms with E-state index in [4.69, 9.17) is 66.3 Å². The van der Waals surface area contributed by atoms with Crippen molar-refractivity contribution >= 4 is 23.9 Å². The summed E-state index contributed by atoms with van der Waals surface area (Å²) in [5.74, 6) is -1.28. The molecular weight excluding hydrogens is 1200 g/mol. The summed E-state index contributed by atoms with van der Waals surface area (Å²) in [6.07, 6.45) is 15.1. The molecule has 18 nitrogen and oxygen atoms in total. The van der Waals surface area contributed by atoms with Crippen LogP contribution in [0.1, 0.15) is 156 Å². The number of unbranched alkanes of at least 4 members (excludes halogenated alkanes) is 10. The van der Waals surface area contributed by atoms with Crippen LogP contribution in [0.3, 0.4) is 0 Å². The highest BCUT2D eigenvalue weighted by molar-refractivity contribution is 5.96. The van der Waals surface area contributed by atoms with Crippen molar-refractivity contribution in [1.29, 1.82) is 0 Å². The molecule has 2 aliphatic rings. The standard InChI is InChI=1S/C76H86O18/c1-3-5-7-9-11-43-83-61-29-17-55(18-30-61)49-87-65-37-25-59(26-38-65)75(79)93-71-47-70(92-74(78)58-23-35-64(36-24-58)86-46-16-14-42-82-52-68-54-90-68)72(48-69(71)91-73(77)57-21-33-63(34-22-57)85-45-15-13-41-81-51-67-53-89-67)94-76(80)60-27-39-66(40-28-60)88-50-56-19-31-62(32-20-56)84-44-12-10-8-6-4-2/h17-40,47-48,67-68H,3-16,41-46,49-54H2,1-2H3. The van der Waals surface area contributed by atoms with E-state index in [0.717, 1.165) is 99.3 Å². The molecule has 0 N–H and O–H groups in total. The summed E-state index contributed by atoms with van der Waals surface area (Å²) in [6.45, 7) is 10.9. The van der Waals surface area contributed by atoms with E-state index in [1.807, 2.05) is 48.5 Å². The minimum atomic E-state index is -0.871. The minimum Gasteiger partial charge on any atom is -0.494 e. The Morgan fingerprint density at radius 3 is 0.840 bits per heavy atom. The lowest BCUT2D eigenvalue weighted by atomic mass is 10.2. The highest BCUT2D eigenvalue weighted by atomic mass is 16.6. The zero-order chi connectivity index (χ0) is 65.4. The van der Waals surface area contributed by atoms with Gasteiger partial charge in [-0.3, -0.25) is 0 Å². The van der Waals surface area contributed by atoms with Crippen LogP contribution in [0.5, 0.6) is 57.5 Å². The molecule has 2 aliphatic heterocycles. The summed E-state index contributed by atoms with van der Waals surface area (Å²) in [5.41, 5.74) is 2.26. The summed E-state index contributed by atoms with van der Waals surface area (Å²) in [4.78, 5) is 56.6. The molecule has 0 aromatic heterocycles. The second kappa shape index (κ2) is 38.3. The normalized spacial score (nSPS) is 13.7. The molecule has 18 heteroatoms. The molecule has 0 amide bonds. The molecule has 0 spiro atoms. The van der Waals surface area contributed by atoms with Crippen molar-refractivity contribution in [3.05, 3.63) is 191 Å². The number of benzene rings is 7. The molecule has 2 atom stereocenters. The molecule has 7 aromatic carbocycles. The first-order chi connectivity index (χ1) is 46.1. The van der Waals surface area contributed by atoms with E-state index in [0.29, 0.717) is 75.9 Å². The van der Waals surface area contributed by atoms with E-state index >= 15 is 0 Å². The molecule has 2 fully saturated rings. The molecule has 2 heterocycles. The topological polar surface area (TPSA) is 204 Å². The van der Waals surface area contributed by atoms with Crippen molar-refractivity contribution in [3.63, 3.8) is 0 Å². The van der Waals surface area contributed by atoms with E-state index in [-0.39, 0.29) is 70.7 Å². The fourth-order valence-corrected chi connectivity index (χ4v) is 9.46. The first-order valence-corrected chi connectivity index (χ1v) is 32.9. The van der Waals surface area contributed by atoms with Gasteiger partial charge in [-0.1, -0.05) is 89.5 Å². The van der Waals surface area contributed by atoms with E-state index in [9.17, 15) is 19.2 Å². The lowest BCUT2D eigenvalue weighted by Gasteiger charge is -2.17. The van der Waals surface area contributed by atoms with Gasteiger partial charge in [0.2, 0.25) is 0 Å². The van der Waals surface area contributed by atoms with Gasteiger partial charge in [0.15, 0.2) is 23.0 Å². The third-order valence-corrected chi connectivity index (χ3v) is 15.2. The third kappa shape index (κ3) is 24.5. The maximum Gasteiger partial charge on any atom is 0.343 e. The van der Waals surface area contributed by atoms with Gasteiger partial charge in [0.1, 0.15) is 59.9 Å². The molecule has 7 aromatic rings. The van der Waals surface area contributed by atoms with Crippen LogP contribution in [0.25, 0.3) is 0 Å². The quantitative estimate of drug-likeness (QED) is 0.0151. The predicted octanol–water partition coefficient (Wildman–Crippen LogP) is 15.6. The maximum atomic E-state index is 14.2. The Hall–Kier alpha value is -8.94. The van der Waals surface area contributed by atoms with Crippen LogP contribution in [0.15, 0.2) is 158 Å². The van der Waals surface area contributed by atoms with Gasteiger partial charge in [-0.15, -0.1) is 0 Å². The minimum absolute atomic E-state index is 0.101. The number of rotatable bonds is 44. The summed E-state index contributed by atoms with van der Waals surface area (Å²) in [5, 5.41) is 0. The van der Waals surface area contributed by atoms with Gasteiger partial charge in [0, 0.05) is 25.3 Å². The lowest BCUT2D eigenvalue weighted by Crippen LogP contribution is -2.16. The number of hydrogen-bond donors (Lipinski definition) is 0. The lowest BCUT2D eigenvalue weighted by molar-refractivity contribution is 0.0662. The largest absolute Gasteiger partial charge is 0.494 e. The molecule has 2 saturated heterocycles. The average Bonchev–Trinajstić information content (AvgIpc) is 0.969. The van der Waals surface area contributed by atoms with Crippen molar-refractivity contribution in [3.8, 4) is 57.5 Å². The van der Waals surface area contributed by atoms with Gasteiger partial charge in [-0.25, -0.2) is 19.2 Å². The van der Waals surface area contributed by atoms with Crippen molar-refractivity contribution in [2.75, 3.05) is 66.1 Å². The Morgan fingerprint density at radius 1 is 0.319 bits per heavy atom. The molecular formula is C76H86O18. The monoisotopic (exact) mass is 1290 g/mol. The summed E-state index contributed by atoms with van der Waals surface area (Å²) >= 11 is 0. The van der Waals surface area contributed by atoms with Crippen molar-refractivity contribution in [2.24, 2.45) is 0 Å². The van der Waals surface area contributed by atoms with Gasteiger partial charge in [-0.2, -0.15) is 0 Å². The van der Waals surface area contributed by atoms with Gasteiger partial charge < -0.3 is 66.3 Å². The highest BCUT2D eigenvalue weighted by Crippen LogP contribution is 2.42. The van der Waals surface area contributed by atoms with Crippen molar-refractivity contribution < 1.29 is 85.5 Å². The van der Waals surface area contributed by atoms with E-state index in [2.05, 4.69) is 13.8 Å². The van der Waals surface area contributed by atoms with Gasteiger partial charge >= 0.3 is 23.9 Å². The molecule has 498 valence electrons. The van der Waals surface area contributed by atoms with Gasteiger partial charge in [0.25, 0.3) is 0 Å². The summed E-state index contributed by atoms with van der Waals surface area (Å²) in [7, 11) is 0. The Bertz CT molecular complexity index is 3170. The molecule has 0 saturated carbocycles. The first kappa shape index (κ1) is 69.4. The van der Waals surface area contributed by atoms with Gasteiger partial charge in [0.05, 0.1) is 75.1 Å². The Labute approximate surface area is 550 Å². The fraction of sp³-hybridized carbons (Fsp3) is 0.395. The van der Waals surface area contributed by atoms with Crippen LogP contribution >= 0.6 is 0 Å². The molecule has 0 radical (unpaired) electrons. The molecule has 2 unspecified atom stereocenters. The SMILES string of the molecule is CCCCCCCOc1ccc(COc2ccc(C(=O)Oc3cc(OC(=O)c4ccc(OCCCCOCC5CO5)cc4)c(OC(=O)c4ccc(OCc5ccc(OCCCCCCC)cc5)cc4)cc3OC(=O)c3ccc(OCCCCOCC4CO4)cc3)cc2)cc1. The van der Waals surface area contributed by atoms with Crippen LogP contribution in [0.4, 0.5) is 0 Å². The Balaban J connectivity index is 0.906.